The van der Waals surface area contributed by atoms with Crippen LogP contribution >= 0.6 is 0 Å². The van der Waals surface area contributed by atoms with Crippen LogP contribution in [0.3, 0.4) is 0 Å². The maximum absolute atomic E-state index is 11.0. The van der Waals surface area contributed by atoms with Gasteiger partial charge in [0.05, 0.1) is 4.92 Å². The highest BCUT2D eigenvalue weighted by atomic mass is 16.6. The summed E-state index contributed by atoms with van der Waals surface area (Å²) in [4.78, 5) is 21.1. The third-order valence-electron chi connectivity index (χ3n) is 2.55. The maximum Gasteiger partial charge on any atom is 0.331 e. The van der Waals surface area contributed by atoms with E-state index >= 15 is 0 Å². The molecule has 1 rings (SSSR count). The first-order chi connectivity index (χ1) is 7.97. The summed E-state index contributed by atoms with van der Waals surface area (Å²) >= 11 is 0. The van der Waals surface area contributed by atoms with Crippen LogP contribution in [0.5, 0.6) is 0 Å². The molecular formula is C12H13NO4. The highest BCUT2D eigenvalue weighted by molar-refractivity contribution is 5.96. The molecule has 0 amide bonds. The average Bonchev–Trinajstić information content (AvgIpc) is 2.29. The number of hydrogen-bond donors (Lipinski definition) is 1. The van der Waals surface area contributed by atoms with Gasteiger partial charge in [-0.2, -0.15) is 0 Å². The van der Waals surface area contributed by atoms with Gasteiger partial charge in [-0.25, -0.2) is 4.79 Å². The molecular weight excluding hydrogens is 222 g/mol. The van der Waals surface area contributed by atoms with E-state index in [4.69, 9.17) is 5.11 Å². The zero-order valence-corrected chi connectivity index (χ0v) is 9.64. The molecule has 5 nitrogen and oxygen atoms in total. The molecule has 0 fully saturated rings. The molecule has 1 aromatic carbocycles. The summed E-state index contributed by atoms with van der Waals surface area (Å²) < 4.78 is 0. The predicted octanol–water partition coefficient (Wildman–Crippen LogP) is 2.86. The Balaban J connectivity index is 3.28. The summed E-state index contributed by atoms with van der Waals surface area (Å²) in [6.07, 6.45) is 0.379. The third-order valence-corrected chi connectivity index (χ3v) is 2.55. The third kappa shape index (κ3) is 2.90. The normalized spacial score (nSPS) is 11.9. The number of aliphatic carboxylic acids is 1. The molecule has 90 valence electrons. The highest BCUT2D eigenvalue weighted by Gasteiger charge is 2.13. The molecule has 0 heterocycles. The second-order valence-corrected chi connectivity index (χ2v) is 3.57. The number of nitro groups is 1. The van der Waals surface area contributed by atoms with Crippen LogP contribution in [0, 0.1) is 10.1 Å². The van der Waals surface area contributed by atoms with Crippen LogP contribution in [0.4, 0.5) is 5.69 Å². The number of nitrogens with zero attached hydrogens (tertiary/aromatic N) is 1. The van der Waals surface area contributed by atoms with Gasteiger partial charge in [0.25, 0.3) is 5.69 Å². The largest absolute Gasteiger partial charge is 0.478 e. The average molecular weight is 235 g/mol. The summed E-state index contributed by atoms with van der Waals surface area (Å²) in [5.41, 5.74) is 1.36. The van der Waals surface area contributed by atoms with Gasteiger partial charge in [0.2, 0.25) is 0 Å². The number of carbonyl (C=O) groups is 1. The van der Waals surface area contributed by atoms with Gasteiger partial charge in [0, 0.05) is 17.7 Å². The second-order valence-electron chi connectivity index (χ2n) is 3.57. The van der Waals surface area contributed by atoms with Gasteiger partial charge in [-0.1, -0.05) is 19.1 Å². The van der Waals surface area contributed by atoms with Crippen LogP contribution in [0.2, 0.25) is 0 Å². The standard InChI is InChI=1S/C12H13NO4/c1-3-11(12(14)15)8(2)9-5-4-6-10(7-9)13(16)17/h4-7H,3H2,1-2H3,(H,14,15)/b11-8-. The Morgan fingerprint density at radius 2 is 2.12 bits per heavy atom. The smallest absolute Gasteiger partial charge is 0.331 e. The minimum absolute atomic E-state index is 0.0392. The van der Waals surface area contributed by atoms with Crippen molar-refractivity contribution in [2.75, 3.05) is 0 Å². The van der Waals surface area contributed by atoms with E-state index in [1.54, 1.807) is 26.0 Å². The van der Waals surface area contributed by atoms with E-state index in [0.717, 1.165) is 0 Å². The second kappa shape index (κ2) is 5.25. The van der Waals surface area contributed by atoms with Crippen molar-refractivity contribution in [2.45, 2.75) is 20.3 Å². The molecule has 5 heteroatoms. The van der Waals surface area contributed by atoms with Gasteiger partial charge in [0.15, 0.2) is 0 Å². The number of non-ortho nitro benzene ring substituents is 1. The minimum atomic E-state index is -0.989. The molecule has 0 aromatic heterocycles. The lowest BCUT2D eigenvalue weighted by molar-refractivity contribution is -0.384. The quantitative estimate of drug-likeness (QED) is 0.494. The topological polar surface area (TPSA) is 80.4 Å². The number of allylic oxidation sites excluding steroid dienone is 1. The van der Waals surface area contributed by atoms with E-state index in [1.165, 1.54) is 12.1 Å². The molecule has 0 spiro atoms. The minimum Gasteiger partial charge on any atom is -0.478 e. The van der Waals surface area contributed by atoms with Crippen molar-refractivity contribution in [3.63, 3.8) is 0 Å². The summed E-state index contributed by atoms with van der Waals surface area (Å²) in [7, 11) is 0. The lowest BCUT2D eigenvalue weighted by Crippen LogP contribution is -2.02. The number of rotatable bonds is 4. The summed E-state index contributed by atoms with van der Waals surface area (Å²) in [6, 6.07) is 5.98. The number of carboxylic acid groups (broad SMARTS) is 1. The van der Waals surface area contributed by atoms with Crippen LogP contribution in [-0.2, 0) is 4.79 Å². The Morgan fingerprint density at radius 1 is 1.47 bits per heavy atom. The van der Waals surface area contributed by atoms with E-state index in [2.05, 4.69) is 0 Å². The number of nitro benzene ring substituents is 1. The highest BCUT2D eigenvalue weighted by Crippen LogP contribution is 2.24. The Labute approximate surface area is 98.5 Å². The molecule has 0 saturated heterocycles. The van der Waals surface area contributed by atoms with E-state index < -0.39 is 10.9 Å². The van der Waals surface area contributed by atoms with Crippen molar-refractivity contribution in [1.29, 1.82) is 0 Å². The van der Waals surface area contributed by atoms with Crippen molar-refractivity contribution < 1.29 is 14.8 Å². The zero-order chi connectivity index (χ0) is 13.0. The van der Waals surface area contributed by atoms with E-state index in [1.807, 2.05) is 0 Å². The first-order valence-corrected chi connectivity index (χ1v) is 5.15. The Morgan fingerprint density at radius 3 is 2.59 bits per heavy atom. The van der Waals surface area contributed by atoms with Crippen LogP contribution in [-0.4, -0.2) is 16.0 Å². The van der Waals surface area contributed by atoms with E-state index in [9.17, 15) is 14.9 Å². The van der Waals surface area contributed by atoms with Crippen molar-refractivity contribution in [3.05, 3.63) is 45.5 Å². The Hall–Kier alpha value is -2.17. The van der Waals surface area contributed by atoms with Crippen molar-refractivity contribution in [2.24, 2.45) is 0 Å². The van der Waals surface area contributed by atoms with Gasteiger partial charge in [-0.05, 0) is 24.5 Å². The molecule has 0 aliphatic rings. The van der Waals surface area contributed by atoms with E-state index in [0.29, 0.717) is 17.6 Å². The maximum atomic E-state index is 11.0. The molecule has 1 aromatic rings. The molecule has 0 aliphatic heterocycles. The summed E-state index contributed by atoms with van der Waals surface area (Å²) in [6.45, 7) is 3.40. The summed E-state index contributed by atoms with van der Waals surface area (Å²) in [5.74, 6) is -0.989. The first-order valence-electron chi connectivity index (χ1n) is 5.15. The van der Waals surface area contributed by atoms with Crippen molar-refractivity contribution in [1.82, 2.24) is 0 Å². The molecule has 0 radical (unpaired) electrons. The molecule has 0 unspecified atom stereocenters. The van der Waals surface area contributed by atoms with E-state index in [-0.39, 0.29) is 11.3 Å². The molecule has 0 atom stereocenters. The molecule has 1 N–H and O–H groups in total. The molecule has 17 heavy (non-hydrogen) atoms. The van der Waals surface area contributed by atoms with Gasteiger partial charge in [0.1, 0.15) is 0 Å². The zero-order valence-electron chi connectivity index (χ0n) is 9.64. The lowest BCUT2D eigenvalue weighted by atomic mass is 9.99. The Bertz CT molecular complexity index is 491. The van der Waals surface area contributed by atoms with Crippen molar-refractivity contribution >= 4 is 17.2 Å². The first kappa shape index (κ1) is 12.9. The van der Waals surface area contributed by atoms with Crippen LogP contribution in [0.25, 0.3) is 5.57 Å². The number of carboxylic acids is 1. The molecule has 0 bridgehead atoms. The number of benzene rings is 1. The van der Waals surface area contributed by atoms with Gasteiger partial charge < -0.3 is 5.11 Å². The fourth-order valence-corrected chi connectivity index (χ4v) is 1.60. The van der Waals surface area contributed by atoms with Crippen LogP contribution < -0.4 is 0 Å². The van der Waals surface area contributed by atoms with Crippen LogP contribution in [0.1, 0.15) is 25.8 Å². The number of hydrogen-bond acceptors (Lipinski definition) is 3. The molecule has 0 saturated carbocycles. The molecule has 0 aliphatic carbocycles. The summed E-state index contributed by atoms with van der Waals surface area (Å²) in [5, 5.41) is 19.6. The lowest BCUT2D eigenvalue weighted by Gasteiger charge is -2.06. The predicted molar refractivity (Wildman–Crippen MR) is 63.6 cm³/mol. The van der Waals surface area contributed by atoms with Crippen molar-refractivity contribution in [3.8, 4) is 0 Å². The fraction of sp³-hybridized carbons (Fsp3) is 0.250. The van der Waals surface area contributed by atoms with Gasteiger partial charge in [-0.3, -0.25) is 10.1 Å². The fourth-order valence-electron chi connectivity index (χ4n) is 1.60. The van der Waals surface area contributed by atoms with Gasteiger partial charge >= 0.3 is 5.97 Å². The SMILES string of the molecule is CC/C(C(=O)O)=C(\C)c1cccc([N+](=O)[O-])c1. The van der Waals surface area contributed by atoms with Gasteiger partial charge in [-0.15, -0.1) is 0 Å². The van der Waals surface area contributed by atoms with Crippen LogP contribution in [0.15, 0.2) is 29.8 Å². The monoisotopic (exact) mass is 235 g/mol. The Kier molecular flexibility index (Phi) is 3.98.